The molecule has 0 amide bonds. The van der Waals surface area contributed by atoms with Gasteiger partial charge in [0.15, 0.2) is 0 Å². The van der Waals surface area contributed by atoms with Gasteiger partial charge in [-0.2, -0.15) is 0 Å². The maximum atomic E-state index is 13.7. The second-order valence-electron chi connectivity index (χ2n) is 4.85. The zero-order valence-corrected chi connectivity index (χ0v) is 10.3. The third kappa shape index (κ3) is 3.23. The lowest BCUT2D eigenvalue weighted by atomic mass is 10.0. The first kappa shape index (κ1) is 13.4. The highest BCUT2D eigenvalue weighted by Gasteiger charge is 2.43. The Morgan fingerprint density at radius 2 is 2.00 bits per heavy atom. The first-order chi connectivity index (χ1) is 8.47. The monoisotopic (exact) mass is 258 g/mol. The maximum Gasteiger partial charge on any atom is 0.275 e. The van der Waals surface area contributed by atoms with E-state index in [2.05, 4.69) is 5.32 Å². The molecule has 0 aromatic heterocycles. The predicted molar refractivity (Wildman–Crippen MR) is 64.1 cm³/mol. The highest BCUT2D eigenvalue weighted by molar-refractivity contribution is 5.16. The Hall–Kier alpha value is -1.07. The molecule has 1 aliphatic rings. The van der Waals surface area contributed by atoms with E-state index in [1.54, 1.807) is 24.1 Å². The Balaban J connectivity index is 1.91. The number of rotatable bonds is 3. The molecule has 2 rings (SSSR count). The molecule has 1 saturated heterocycles. The second-order valence-corrected chi connectivity index (χ2v) is 4.85. The molecule has 1 aromatic rings. The van der Waals surface area contributed by atoms with Gasteiger partial charge in [-0.3, -0.25) is 0 Å². The first-order valence-corrected chi connectivity index (χ1v) is 6.01. The number of alkyl halides is 2. The SMILES string of the molecule is CN1CC[C@H](NCc2ccc(F)cc2)C(F)(F)C1. The molecule has 1 aliphatic heterocycles. The van der Waals surface area contributed by atoms with Crippen molar-refractivity contribution in [2.45, 2.75) is 24.9 Å². The van der Waals surface area contributed by atoms with Gasteiger partial charge in [-0.1, -0.05) is 12.1 Å². The summed E-state index contributed by atoms with van der Waals surface area (Å²) in [5.41, 5.74) is 0.811. The van der Waals surface area contributed by atoms with Crippen LogP contribution in [0, 0.1) is 5.82 Å². The molecule has 0 bridgehead atoms. The van der Waals surface area contributed by atoms with Crippen LogP contribution in [0.25, 0.3) is 0 Å². The van der Waals surface area contributed by atoms with Gasteiger partial charge in [-0.15, -0.1) is 0 Å². The minimum atomic E-state index is -2.72. The van der Waals surface area contributed by atoms with Gasteiger partial charge in [0.25, 0.3) is 5.92 Å². The normalized spacial score (nSPS) is 24.1. The van der Waals surface area contributed by atoms with E-state index in [0.717, 1.165) is 5.56 Å². The minimum Gasteiger partial charge on any atom is -0.304 e. The van der Waals surface area contributed by atoms with Crippen molar-refractivity contribution in [1.29, 1.82) is 0 Å². The molecule has 18 heavy (non-hydrogen) atoms. The summed E-state index contributed by atoms with van der Waals surface area (Å²) in [4.78, 5) is 1.63. The lowest BCUT2D eigenvalue weighted by Gasteiger charge is -2.37. The van der Waals surface area contributed by atoms with E-state index in [4.69, 9.17) is 0 Å². The fourth-order valence-electron chi connectivity index (χ4n) is 2.20. The van der Waals surface area contributed by atoms with E-state index in [-0.39, 0.29) is 12.4 Å². The minimum absolute atomic E-state index is 0.214. The summed E-state index contributed by atoms with van der Waals surface area (Å²) in [5.74, 6) is -3.03. The zero-order chi connectivity index (χ0) is 13.2. The summed E-state index contributed by atoms with van der Waals surface area (Å²) in [6, 6.07) is 5.08. The predicted octanol–water partition coefficient (Wildman–Crippen LogP) is 2.25. The van der Waals surface area contributed by atoms with Gasteiger partial charge in [0.05, 0.1) is 12.6 Å². The van der Waals surface area contributed by atoms with E-state index >= 15 is 0 Å². The maximum absolute atomic E-state index is 13.7. The van der Waals surface area contributed by atoms with Crippen molar-refractivity contribution in [1.82, 2.24) is 10.2 Å². The Morgan fingerprint density at radius 3 is 2.61 bits per heavy atom. The van der Waals surface area contributed by atoms with Crippen LogP contribution in [0.1, 0.15) is 12.0 Å². The number of nitrogens with one attached hydrogen (secondary N) is 1. The Kier molecular flexibility index (Phi) is 3.92. The van der Waals surface area contributed by atoms with E-state index in [0.29, 0.717) is 19.5 Å². The summed E-state index contributed by atoms with van der Waals surface area (Å²) in [6.07, 6.45) is 0.421. The van der Waals surface area contributed by atoms with Crippen LogP contribution >= 0.6 is 0 Å². The number of benzene rings is 1. The number of piperidine rings is 1. The lowest BCUT2D eigenvalue weighted by molar-refractivity contribution is -0.0847. The van der Waals surface area contributed by atoms with Crippen LogP contribution in [0.4, 0.5) is 13.2 Å². The average Bonchev–Trinajstić information content (AvgIpc) is 2.29. The molecule has 5 heteroatoms. The molecule has 1 heterocycles. The van der Waals surface area contributed by atoms with Gasteiger partial charge in [0.1, 0.15) is 5.82 Å². The van der Waals surface area contributed by atoms with E-state index in [1.807, 2.05) is 0 Å². The van der Waals surface area contributed by atoms with Gasteiger partial charge < -0.3 is 10.2 Å². The number of hydrogen-bond donors (Lipinski definition) is 1. The van der Waals surface area contributed by atoms with Crippen LogP contribution in [0.2, 0.25) is 0 Å². The van der Waals surface area contributed by atoms with E-state index in [9.17, 15) is 13.2 Å². The Bertz CT molecular complexity index is 392. The van der Waals surface area contributed by atoms with Crippen molar-refractivity contribution in [2.75, 3.05) is 20.1 Å². The molecule has 2 nitrogen and oxygen atoms in total. The first-order valence-electron chi connectivity index (χ1n) is 6.01. The summed E-state index contributed by atoms with van der Waals surface area (Å²) in [7, 11) is 1.70. The van der Waals surface area contributed by atoms with Gasteiger partial charge in [-0.25, -0.2) is 13.2 Å². The topological polar surface area (TPSA) is 15.3 Å². The molecule has 0 aliphatic carbocycles. The van der Waals surface area contributed by atoms with Crippen LogP contribution in [0.3, 0.4) is 0 Å². The third-order valence-electron chi connectivity index (χ3n) is 3.26. The summed E-state index contributed by atoms with van der Waals surface area (Å²) in [6.45, 7) is 0.787. The molecule has 100 valence electrons. The van der Waals surface area contributed by atoms with Crippen LogP contribution in [-0.4, -0.2) is 37.0 Å². The fraction of sp³-hybridized carbons (Fsp3) is 0.538. The van der Waals surface area contributed by atoms with E-state index in [1.165, 1.54) is 12.1 Å². The van der Waals surface area contributed by atoms with Crippen molar-refractivity contribution in [2.24, 2.45) is 0 Å². The van der Waals surface area contributed by atoms with Crippen molar-refractivity contribution in [3.8, 4) is 0 Å². The molecule has 1 N–H and O–H groups in total. The number of likely N-dealkylation sites (tertiary alicyclic amines) is 1. The highest BCUT2D eigenvalue weighted by Crippen LogP contribution is 2.26. The van der Waals surface area contributed by atoms with Crippen LogP contribution in [0.15, 0.2) is 24.3 Å². The molecule has 1 atom stereocenters. The average molecular weight is 258 g/mol. The molecule has 1 fully saturated rings. The van der Waals surface area contributed by atoms with Crippen molar-refractivity contribution in [3.05, 3.63) is 35.6 Å². The fourth-order valence-corrected chi connectivity index (χ4v) is 2.20. The van der Waals surface area contributed by atoms with Gasteiger partial charge in [-0.05, 0) is 37.7 Å². The molecule has 0 unspecified atom stereocenters. The third-order valence-corrected chi connectivity index (χ3v) is 3.26. The van der Waals surface area contributed by atoms with Crippen molar-refractivity contribution >= 4 is 0 Å². The van der Waals surface area contributed by atoms with Crippen molar-refractivity contribution < 1.29 is 13.2 Å². The highest BCUT2D eigenvalue weighted by atomic mass is 19.3. The van der Waals surface area contributed by atoms with Crippen LogP contribution in [-0.2, 0) is 6.54 Å². The summed E-state index contributed by atoms with van der Waals surface area (Å²) >= 11 is 0. The van der Waals surface area contributed by atoms with Crippen LogP contribution < -0.4 is 5.32 Å². The standard InChI is InChI=1S/C13H17F3N2/c1-18-7-6-12(13(15,16)9-18)17-8-10-2-4-11(14)5-3-10/h2-5,12,17H,6-9H2,1H3/t12-/m0/s1. The lowest BCUT2D eigenvalue weighted by Crippen LogP contribution is -2.55. The van der Waals surface area contributed by atoms with Gasteiger partial charge >= 0.3 is 0 Å². The van der Waals surface area contributed by atoms with Gasteiger partial charge in [0, 0.05) is 6.54 Å². The van der Waals surface area contributed by atoms with Gasteiger partial charge in [0.2, 0.25) is 0 Å². The van der Waals surface area contributed by atoms with Crippen molar-refractivity contribution in [3.63, 3.8) is 0 Å². The summed E-state index contributed by atoms with van der Waals surface area (Å²) < 4.78 is 40.1. The Labute approximate surface area is 105 Å². The molecular formula is C13H17F3N2. The molecule has 0 saturated carbocycles. The molecular weight excluding hydrogens is 241 g/mol. The number of nitrogens with zero attached hydrogens (tertiary/aromatic N) is 1. The quantitative estimate of drug-likeness (QED) is 0.894. The molecule has 0 spiro atoms. The zero-order valence-electron chi connectivity index (χ0n) is 10.3. The molecule has 1 aromatic carbocycles. The number of hydrogen-bond acceptors (Lipinski definition) is 2. The second kappa shape index (κ2) is 5.28. The van der Waals surface area contributed by atoms with E-state index < -0.39 is 12.0 Å². The smallest absolute Gasteiger partial charge is 0.275 e. The molecule has 0 radical (unpaired) electrons. The van der Waals surface area contributed by atoms with Crippen LogP contribution in [0.5, 0.6) is 0 Å². The largest absolute Gasteiger partial charge is 0.304 e. The summed E-state index contributed by atoms with van der Waals surface area (Å²) in [5, 5.41) is 2.87. The Morgan fingerprint density at radius 1 is 1.33 bits per heavy atom. The number of halogens is 3.